The van der Waals surface area contributed by atoms with Gasteiger partial charge in [0.25, 0.3) is 5.91 Å². The summed E-state index contributed by atoms with van der Waals surface area (Å²) >= 11 is 0. The molecule has 0 aromatic heterocycles. The molecule has 3 rings (SSSR count). The normalized spacial score (nSPS) is 19.7. The second-order valence-electron chi connectivity index (χ2n) is 7.30. The maximum atomic E-state index is 13.1. The van der Waals surface area contributed by atoms with Gasteiger partial charge in [-0.15, -0.1) is 0 Å². The van der Waals surface area contributed by atoms with Crippen LogP contribution >= 0.6 is 0 Å². The van der Waals surface area contributed by atoms with E-state index in [9.17, 15) is 15.0 Å². The highest BCUT2D eigenvalue weighted by atomic mass is 16.3. The van der Waals surface area contributed by atoms with Crippen molar-refractivity contribution in [1.29, 1.82) is 10.8 Å². The van der Waals surface area contributed by atoms with Crippen molar-refractivity contribution in [2.24, 2.45) is 0 Å². The van der Waals surface area contributed by atoms with Crippen LogP contribution in [0.4, 0.5) is 0 Å². The zero-order valence-electron chi connectivity index (χ0n) is 15.5. The van der Waals surface area contributed by atoms with E-state index in [1.54, 1.807) is 6.07 Å². The van der Waals surface area contributed by atoms with E-state index in [1.807, 2.05) is 6.92 Å². The summed E-state index contributed by atoms with van der Waals surface area (Å²) in [6.07, 6.45) is 7.04. The number of phenolic OH excluding ortho intramolecular Hbond substituents is 2. The molecule has 0 saturated heterocycles. The number of phenols is 2. The Labute approximate surface area is 158 Å². The highest BCUT2D eigenvalue weighted by Gasteiger charge is 2.31. The Hall–Kier alpha value is -2.83. The van der Waals surface area contributed by atoms with Gasteiger partial charge in [-0.25, -0.2) is 0 Å². The van der Waals surface area contributed by atoms with Crippen LogP contribution in [0.3, 0.4) is 0 Å². The molecule has 0 bridgehead atoms. The third kappa shape index (κ3) is 3.82. The maximum absolute atomic E-state index is 13.1. The summed E-state index contributed by atoms with van der Waals surface area (Å²) < 4.78 is 0. The van der Waals surface area contributed by atoms with E-state index in [4.69, 9.17) is 10.8 Å². The van der Waals surface area contributed by atoms with Gasteiger partial charge in [-0.05, 0) is 50.7 Å². The summed E-state index contributed by atoms with van der Waals surface area (Å²) in [5, 5.41) is 38.8. The predicted octanol–water partition coefficient (Wildman–Crippen LogP) is 2.87. The predicted molar refractivity (Wildman–Crippen MR) is 104 cm³/mol. The van der Waals surface area contributed by atoms with E-state index < -0.39 is 0 Å². The molecule has 1 unspecified atom stereocenters. The van der Waals surface area contributed by atoms with E-state index in [0.29, 0.717) is 30.5 Å². The van der Waals surface area contributed by atoms with Crippen molar-refractivity contribution in [3.63, 3.8) is 0 Å². The van der Waals surface area contributed by atoms with Crippen molar-refractivity contribution in [3.8, 4) is 11.5 Å². The number of nitrogens with zero attached hydrogens (tertiary/aromatic N) is 1. The zero-order valence-corrected chi connectivity index (χ0v) is 15.5. The molecule has 7 nitrogen and oxygen atoms in total. The molecule has 144 valence electrons. The number of hydrogen-bond donors (Lipinski definition) is 5. The highest BCUT2D eigenvalue weighted by Crippen LogP contribution is 2.44. The molecule has 1 aliphatic carbocycles. The lowest BCUT2D eigenvalue weighted by Gasteiger charge is -2.25. The van der Waals surface area contributed by atoms with Crippen LogP contribution in [0.15, 0.2) is 17.7 Å². The largest absolute Gasteiger partial charge is 0.507 e. The first-order valence-corrected chi connectivity index (χ1v) is 9.29. The summed E-state index contributed by atoms with van der Waals surface area (Å²) in [6, 6.07) is 1.62. The number of aromatic hydroxyl groups is 2. The topological polar surface area (TPSA) is 120 Å². The Morgan fingerprint density at radius 3 is 2.85 bits per heavy atom. The number of amidine groups is 1. The minimum absolute atomic E-state index is 0.0432. The van der Waals surface area contributed by atoms with Crippen molar-refractivity contribution in [3.05, 3.63) is 34.4 Å². The summed E-state index contributed by atoms with van der Waals surface area (Å²) in [5.74, 6) is -0.488. The Morgan fingerprint density at radius 2 is 2.15 bits per heavy atom. The molecular weight excluding hydrogens is 344 g/mol. The van der Waals surface area contributed by atoms with Gasteiger partial charge < -0.3 is 20.4 Å². The molecule has 0 fully saturated rings. The zero-order chi connectivity index (χ0) is 19.6. The van der Waals surface area contributed by atoms with Crippen LogP contribution in [0.2, 0.25) is 0 Å². The standard InChI is InChI=1S/C20H26N4O3/c1-12-4-2-5-13(8-12)17-15(25)9-14-6-3-7-24(10-16(22)23-11-21)20(27)18(14)19(17)26/h8-9,11,13,25-26H,2-7,10H2,1H3,(H3,21,22,23). The molecule has 1 amide bonds. The fourth-order valence-corrected chi connectivity index (χ4v) is 4.06. The molecule has 0 spiro atoms. The van der Waals surface area contributed by atoms with Gasteiger partial charge in [0, 0.05) is 18.0 Å². The monoisotopic (exact) mass is 370 g/mol. The quantitative estimate of drug-likeness (QED) is 0.318. The smallest absolute Gasteiger partial charge is 0.258 e. The molecule has 1 aliphatic heterocycles. The van der Waals surface area contributed by atoms with Crippen molar-refractivity contribution in [1.82, 2.24) is 10.2 Å². The number of amides is 1. The SMILES string of the molecule is CC1=CC(c2c(O)cc3c(c2O)C(=O)N(CC(=N)NC=N)CCC3)CCC1. The van der Waals surface area contributed by atoms with Gasteiger partial charge in [0.15, 0.2) is 0 Å². The third-order valence-corrected chi connectivity index (χ3v) is 5.31. The average molecular weight is 370 g/mol. The summed E-state index contributed by atoms with van der Waals surface area (Å²) in [7, 11) is 0. The molecule has 0 saturated carbocycles. The number of rotatable bonds is 4. The van der Waals surface area contributed by atoms with Gasteiger partial charge in [0.2, 0.25) is 0 Å². The van der Waals surface area contributed by atoms with Crippen LogP contribution in [-0.2, 0) is 6.42 Å². The van der Waals surface area contributed by atoms with Gasteiger partial charge in [-0.1, -0.05) is 11.6 Å². The lowest BCUT2D eigenvalue weighted by molar-refractivity contribution is 0.0780. The number of allylic oxidation sites excluding steroid dienone is 2. The number of carbonyl (C=O) groups excluding carboxylic acids is 1. The number of fused-ring (bicyclic) bond motifs is 1. The molecule has 1 aromatic carbocycles. The first kappa shape index (κ1) is 18.9. The molecule has 1 aromatic rings. The molecule has 7 heteroatoms. The summed E-state index contributed by atoms with van der Waals surface area (Å²) in [6.45, 7) is 2.54. The molecule has 1 heterocycles. The fourth-order valence-electron chi connectivity index (χ4n) is 4.06. The molecule has 2 aliphatic rings. The van der Waals surface area contributed by atoms with Crippen LogP contribution in [-0.4, -0.2) is 46.3 Å². The van der Waals surface area contributed by atoms with Gasteiger partial charge in [0.1, 0.15) is 17.3 Å². The minimum Gasteiger partial charge on any atom is -0.507 e. The number of carbonyl (C=O) groups is 1. The second kappa shape index (κ2) is 7.82. The molecule has 5 N–H and O–H groups in total. The Bertz CT molecular complexity index is 816. The molecular formula is C20H26N4O3. The number of hydrogen-bond acceptors (Lipinski definition) is 5. The first-order chi connectivity index (χ1) is 12.9. The maximum Gasteiger partial charge on any atom is 0.258 e. The van der Waals surface area contributed by atoms with E-state index in [2.05, 4.69) is 11.4 Å². The van der Waals surface area contributed by atoms with Gasteiger partial charge >= 0.3 is 0 Å². The van der Waals surface area contributed by atoms with Crippen LogP contribution < -0.4 is 5.32 Å². The summed E-state index contributed by atoms with van der Waals surface area (Å²) in [5.41, 5.74) is 2.53. The van der Waals surface area contributed by atoms with Crippen LogP contribution in [0.5, 0.6) is 11.5 Å². The minimum atomic E-state index is -0.339. The van der Waals surface area contributed by atoms with Gasteiger partial charge in [0.05, 0.1) is 18.4 Å². The van der Waals surface area contributed by atoms with E-state index in [1.165, 1.54) is 10.5 Å². The fraction of sp³-hybridized carbons (Fsp3) is 0.450. The number of aryl methyl sites for hydroxylation is 1. The first-order valence-electron chi connectivity index (χ1n) is 9.29. The van der Waals surface area contributed by atoms with Gasteiger partial charge in [-0.2, -0.15) is 0 Å². The third-order valence-electron chi connectivity index (χ3n) is 5.31. The van der Waals surface area contributed by atoms with Crippen molar-refractivity contribution in [2.45, 2.75) is 44.9 Å². The second-order valence-corrected chi connectivity index (χ2v) is 7.30. The van der Waals surface area contributed by atoms with Crippen LogP contribution in [0.25, 0.3) is 0 Å². The average Bonchev–Trinajstić information content (AvgIpc) is 2.74. The van der Waals surface area contributed by atoms with Crippen molar-refractivity contribution >= 4 is 18.1 Å². The lowest BCUT2D eigenvalue weighted by atomic mass is 9.83. The van der Waals surface area contributed by atoms with Crippen molar-refractivity contribution < 1.29 is 15.0 Å². The van der Waals surface area contributed by atoms with Crippen LogP contribution in [0, 0.1) is 10.8 Å². The number of benzene rings is 1. The molecule has 0 radical (unpaired) electrons. The number of nitrogens with one attached hydrogen (secondary N) is 3. The Balaban J connectivity index is 2.01. The van der Waals surface area contributed by atoms with E-state index >= 15 is 0 Å². The van der Waals surface area contributed by atoms with Gasteiger partial charge in [-0.3, -0.25) is 15.6 Å². The van der Waals surface area contributed by atoms with Crippen LogP contribution in [0.1, 0.15) is 60.0 Å². The Morgan fingerprint density at radius 1 is 1.37 bits per heavy atom. The summed E-state index contributed by atoms with van der Waals surface area (Å²) in [4.78, 5) is 14.6. The highest BCUT2D eigenvalue weighted by molar-refractivity contribution is 6.02. The van der Waals surface area contributed by atoms with E-state index in [0.717, 1.165) is 25.6 Å². The molecule has 1 atom stereocenters. The lowest BCUT2D eigenvalue weighted by Crippen LogP contribution is -2.40. The Kier molecular flexibility index (Phi) is 5.48. The van der Waals surface area contributed by atoms with Crippen molar-refractivity contribution in [2.75, 3.05) is 13.1 Å². The molecule has 27 heavy (non-hydrogen) atoms. The van der Waals surface area contributed by atoms with E-state index in [-0.39, 0.29) is 41.3 Å².